The number of fused-ring (bicyclic) bond motifs is 1. The zero-order valence-corrected chi connectivity index (χ0v) is 13.1. The molecule has 0 spiro atoms. The van der Waals surface area contributed by atoms with Gasteiger partial charge in [0, 0.05) is 28.2 Å². The normalized spacial score (nSPS) is 18.3. The Labute approximate surface area is 126 Å². The Kier molecular flexibility index (Phi) is 4.01. The first kappa shape index (κ1) is 13.3. The molecule has 2 aromatic rings. The predicted octanol–water partition coefficient (Wildman–Crippen LogP) is 3.88. The van der Waals surface area contributed by atoms with Crippen LogP contribution in [0.1, 0.15) is 39.9 Å². The highest BCUT2D eigenvalue weighted by molar-refractivity contribution is 9.10. The Hall–Kier alpha value is -0.710. The van der Waals surface area contributed by atoms with Gasteiger partial charge in [-0.15, -0.1) is 11.3 Å². The second kappa shape index (κ2) is 5.73. The first-order valence-electron chi connectivity index (χ1n) is 6.70. The van der Waals surface area contributed by atoms with E-state index in [0.29, 0.717) is 5.92 Å². The number of benzene rings is 1. The number of thiazole rings is 1. The lowest BCUT2D eigenvalue weighted by Crippen LogP contribution is -2.17. The van der Waals surface area contributed by atoms with Crippen molar-refractivity contribution in [3.05, 3.63) is 49.9 Å². The molecular weight excluding hydrogens is 320 g/mol. The number of nitrogens with two attached hydrogens (primary N) is 1. The Balaban J connectivity index is 1.87. The predicted molar refractivity (Wildman–Crippen MR) is 83.8 cm³/mol. The van der Waals surface area contributed by atoms with E-state index in [1.165, 1.54) is 44.9 Å². The third kappa shape index (κ3) is 2.76. The van der Waals surface area contributed by atoms with Gasteiger partial charge in [0.1, 0.15) is 0 Å². The molecule has 0 saturated heterocycles. The van der Waals surface area contributed by atoms with Crippen LogP contribution in [0.4, 0.5) is 0 Å². The summed E-state index contributed by atoms with van der Waals surface area (Å²) in [6.45, 7) is 0.727. The molecule has 1 aromatic heterocycles. The minimum absolute atomic E-state index is 0.480. The molecule has 100 valence electrons. The summed E-state index contributed by atoms with van der Waals surface area (Å²) in [6.07, 6.45) is 4.54. The van der Waals surface area contributed by atoms with Crippen molar-refractivity contribution >= 4 is 27.3 Å². The smallest absolute Gasteiger partial charge is 0.0975 e. The van der Waals surface area contributed by atoms with Crippen LogP contribution < -0.4 is 5.73 Å². The molecule has 1 aliphatic carbocycles. The molecule has 2 nitrogen and oxygen atoms in total. The van der Waals surface area contributed by atoms with Gasteiger partial charge in [-0.1, -0.05) is 34.1 Å². The van der Waals surface area contributed by atoms with Crippen LogP contribution in [0, 0.1) is 0 Å². The lowest BCUT2D eigenvalue weighted by Gasteiger charge is -2.18. The maximum atomic E-state index is 5.86. The molecule has 4 heteroatoms. The van der Waals surface area contributed by atoms with Crippen molar-refractivity contribution in [3.8, 4) is 0 Å². The number of aromatic nitrogens is 1. The zero-order valence-electron chi connectivity index (χ0n) is 10.7. The second-order valence-electron chi connectivity index (χ2n) is 5.01. The Morgan fingerprint density at radius 3 is 3.00 bits per heavy atom. The molecule has 3 rings (SSSR count). The number of hydrogen-bond donors (Lipinski definition) is 1. The highest BCUT2D eigenvalue weighted by Gasteiger charge is 2.23. The van der Waals surface area contributed by atoms with Gasteiger partial charge in [-0.25, -0.2) is 4.98 Å². The summed E-state index contributed by atoms with van der Waals surface area (Å²) in [4.78, 5) is 6.32. The summed E-state index contributed by atoms with van der Waals surface area (Å²) in [5.74, 6) is 0.480. The molecule has 1 unspecified atom stereocenters. The molecule has 0 aliphatic heterocycles. The Bertz CT molecular complexity index is 579. The molecular formula is C15H17BrN2S. The summed E-state index contributed by atoms with van der Waals surface area (Å²) in [7, 11) is 0. The standard InChI is InChI=1S/C15H17BrN2S/c16-12-6-2-1-4-10(12)8-14-18-15-11(9-17)5-3-7-13(15)19-14/h1-2,4,6,11H,3,5,7-9,17H2. The van der Waals surface area contributed by atoms with E-state index in [1.54, 1.807) is 0 Å². The summed E-state index contributed by atoms with van der Waals surface area (Å²) in [5.41, 5.74) is 8.44. The molecule has 1 aliphatic rings. The molecule has 0 radical (unpaired) electrons. The molecule has 1 aromatic carbocycles. The summed E-state index contributed by atoms with van der Waals surface area (Å²) < 4.78 is 1.17. The molecule has 0 bridgehead atoms. The number of halogens is 1. The van der Waals surface area contributed by atoms with Gasteiger partial charge in [-0.05, 0) is 30.9 Å². The van der Waals surface area contributed by atoms with Gasteiger partial charge in [-0.3, -0.25) is 0 Å². The van der Waals surface area contributed by atoms with E-state index in [4.69, 9.17) is 10.7 Å². The van der Waals surface area contributed by atoms with E-state index in [0.717, 1.165) is 13.0 Å². The van der Waals surface area contributed by atoms with E-state index in [2.05, 4.69) is 34.1 Å². The van der Waals surface area contributed by atoms with E-state index < -0.39 is 0 Å². The van der Waals surface area contributed by atoms with Gasteiger partial charge in [0.2, 0.25) is 0 Å². The first-order chi connectivity index (χ1) is 9.28. The maximum Gasteiger partial charge on any atom is 0.0975 e. The Morgan fingerprint density at radius 1 is 1.37 bits per heavy atom. The highest BCUT2D eigenvalue weighted by atomic mass is 79.9. The van der Waals surface area contributed by atoms with Gasteiger partial charge in [0.25, 0.3) is 0 Å². The largest absolute Gasteiger partial charge is 0.330 e. The number of hydrogen-bond acceptors (Lipinski definition) is 3. The van der Waals surface area contributed by atoms with Gasteiger partial charge in [0.15, 0.2) is 0 Å². The van der Waals surface area contributed by atoms with Crippen LogP contribution in [0.2, 0.25) is 0 Å². The molecule has 1 atom stereocenters. The van der Waals surface area contributed by atoms with Gasteiger partial charge >= 0.3 is 0 Å². The zero-order chi connectivity index (χ0) is 13.2. The lowest BCUT2D eigenvalue weighted by molar-refractivity contribution is 0.553. The fourth-order valence-electron chi connectivity index (χ4n) is 2.67. The minimum atomic E-state index is 0.480. The van der Waals surface area contributed by atoms with Crippen molar-refractivity contribution in [2.24, 2.45) is 5.73 Å². The summed E-state index contributed by atoms with van der Waals surface area (Å²) >= 11 is 5.48. The third-order valence-corrected chi connectivity index (χ3v) is 5.60. The molecule has 1 heterocycles. The SMILES string of the molecule is NCC1CCCc2sc(Cc3ccccc3Br)nc21. The maximum absolute atomic E-state index is 5.86. The van der Waals surface area contributed by atoms with Crippen molar-refractivity contribution in [3.63, 3.8) is 0 Å². The van der Waals surface area contributed by atoms with Gasteiger partial charge < -0.3 is 5.73 Å². The fourth-order valence-corrected chi connectivity index (χ4v) is 4.31. The molecule has 0 fully saturated rings. The monoisotopic (exact) mass is 336 g/mol. The second-order valence-corrected chi connectivity index (χ2v) is 7.03. The number of aryl methyl sites for hydroxylation is 1. The van der Waals surface area contributed by atoms with E-state index in [-0.39, 0.29) is 0 Å². The summed E-state index contributed by atoms with van der Waals surface area (Å²) in [5, 5.41) is 1.22. The van der Waals surface area contributed by atoms with Gasteiger partial charge in [0.05, 0.1) is 10.7 Å². The van der Waals surface area contributed by atoms with Crippen molar-refractivity contribution in [1.29, 1.82) is 0 Å². The Morgan fingerprint density at radius 2 is 2.21 bits per heavy atom. The first-order valence-corrected chi connectivity index (χ1v) is 8.31. The number of rotatable bonds is 3. The van der Waals surface area contributed by atoms with Crippen LogP contribution in [0.3, 0.4) is 0 Å². The van der Waals surface area contributed by atoms with E-state index in [1.807, 2.05) is 17.4 Å². The van der Waals surface area contributed by atoms with Crippen LogP contribution in [-0.4, -0.2) is 11.5 Å². The third-order valence-electron chi connectivity index (χ3n) is 3.70. The highest BCUT2D eigenvalue weighted by Crippen LogP contribution is 2.35. The van der Waals surface area contributed by atoms with Crippen molar-refractivity contribution < 1.29 is 0 Å². The topological polar surface area (TPSA) is 38.9 Å². The molecule has 0 amide bonds. The van der Waals surface area contributed by atoms with Crippen LogP contribution in [0.15, 0.2) is 28.7 Å². The van der Waals surface area contributed by atoms with Crippen molar-refractivity contribution in [2.75, 3.05) is 6.54 Å². The van der Waals surface area contributed by atoms with Crippen LogP contribution in [0.25, 0.3) is 0 Å². The molecule has 19 heavy (non-hydrogen) atoms. The van der Waals surface area contributed by atoms with Gasteiger partial charge in [-0.2, -0.15) is 0 Å². The van der Waals surface area contributed by atoms with Crippen LogP contribution in [-0.2, 0) is 12.8 Å². The minimum Gasteiger partial charge on any atom is -0.330 e. The van der Waals surface area contributed by atoms with E-state index >= 15 is 0 Å². The average Bonchev–Trinajstić information content (AvgIpc) is 2.83. The van der Waals surface area contributed by atoms with E-state index in [9.17, 15) is 0 Å². The lowest BCUT2D eigenvalue weighted by atomic mass is 9.91. The van der Waals surface area contributed by atoms with Crippen molar-refractivity contribution in [1.82, 2.24) is 4.98 Å². The quantitative estimate of drug-likeness (QED) is 0.923. The molecule has 0 saturated carbocycles. The molecule has 2 N–H and O–H groups in total. The van der Waals surface area contributed by atoms with Crippen LogP contribution in [0.5, 0.6) is 0 Å². The average molecular weight is 337 g/mol. The fraction of sp³-hybridized carbons (Fsp3) is 0.400. The summed E-state index contributed by atoms with van der Waals surface area (Å²) in [6, 6.07) is 8.37. The van der Waals surface area contributed by atoms with Crippen molar-refractivity contribution in [2.45, 2.75) is 31.6 Å². The number of nitrogens with zero attached hydrogens (tertiary/aromatic N) is 1. The van der Waals surface area contributed by atoms with Crippen LogP contribution >= 0.6 is 27.3 Å².